The lowest BCUT2D eigenvalue weighted by Crippen LogP contribution is -2.11. The zero-order valence-electron chi connectivity index (χ0n) is 9.84. The summed E-state index contributed by atoms with van der Waals surface area (Å²) in [5.74, 6) is 0.776. The summed E-state index contributed by atoms with van der Waals surface area (Å²) in [7, 11) is 0. The number of aromatic nitrogens is 1. The van der Waals surface area contributed by atoms with Crippen LogP contribution in [0.2, 0.25) is 0 Å². The fourth-order valence-electron chi connectivity index (χ4n) is 2.41. The van der Waals surface area contributed by atoms with Gasteiger partial charge in [-0.05, 0) is 36.5 Å². The van der Waals surface area contributed by atoms with Crippen molar-refractivity contribution in [3.05, 3.63) is 42.1 Å². The Bertz CT molecular complexity index is 514. The molecule has 1 fully saturated rings. The normalized spacial score (nSPS) is 17.2. The maximum absolute atomic E-state index is 10.1. The Kier molecular flexibility index (Phi) is 2.81. The first-order valence-corrected chi connectivity index (χ1v) is 6.33. The number of hydrogen-bond donors (Lipinski definition) is 1. The van der Waals surface area contributed by atoms with Gasteiger partial charge < -0.3 is 5.11 Å². The van der Waals surface area contributed by atoms with Crippen LogP contribution in [-0.2, 0) is 6.42 Å². The van der Waals surface area contributed by atoms with Gasteiger partial charge in [0.1, 0.15) is 0 Å². The van der Waals surface area contributed by atoms with Gasteiger partial charge in [0.15, 0.2) is 0 Å². The predicted molar refractivity (Wildman–Crippen MR) is 68.8 cm³/mol. The van der Waals surface area contributed by atoms with Gasteiger partial charge in [-0.1, -0.05) is 31.0 Å². The van der Waals surface area contributed by atoms with Crippen molar-refractivity contribution in [1.82, 2.24) is 4.98 Å². The molecule has 0 spiro atoms. The Hall–Kier alpha value is -1.41. The lowest BCUT2D eigenvalue weighted by molar-refractivity contribution is 0.158. The highest BCUT2D eigenvalue weighted by atomic mass is 16.3. The number of hydrogen-bond acceptors (Lipinski definition) is 2. The maximum Gasteiger partial charge on any atom is 0.0704 e. The highest BCUT2D eigenvalue weighted by Gasteiger charge is 2.24. The van der Waals surface area contributed by atoms with Gasteiger partial charge in [-0.3, -0.25) is 4.98 Å². The summed E-state index contributed by atoms with van der Waals surface area (Å²) < 4.78 is 0. The van der Waals surface area contributed by atoms with Crippen LogP contribution in [0.4, 0.5) is 0 Å². The van der Waals surface area contributed by atoms with Crippen molar-refractivity contribution in [2.75, 3.05) is 0 Å². The maximum atomic E-state index is 10.1. The van der Waals surface area contributed by atoms with Crippen LogP contribution >= 0.6 is 0 Å². The Morgan fingerprint density at radius 2 is 2.06 bits per heavy atom. The molecule has 1 aromatic carbocycles. The molecule has 17 heavy (non-hydrogen) atoms. The SMILES string of the molecule is OC(Cc1ccnc2ccccc12)CC1CC1. The van der Waals surface area contributed by atoms with Gasteiger partial charge in [-0.25, -0.2) is 0 Å². The molecule has 1 N–H and O–H groups in total. The van der Waals surface area contributed by atoms with E-state index in [-0.39, 0.29) is 6.10 Å². The second-order valence-electron chi connectivity index (χ2n) is 5.02. The Labute approximate surface area is 101 Å². The predicted octanol–water partition coefficient (Wildman–Crippen LogP) is 2.94. The molecule has 2 aromatic rings. The highest BCUT2D eigenvalue weighted by Crippen LogP contribution is 2.34. The third kappa shape index (κ3) is 2.47. The Morgan fingerprint density at radius 3 is 2.88 bits per heavy atom. The molecule has 1 atom stereocenters. The first-order valence-electron chi connectivity index (χ1n) is 6.33. The quantitative estimate of drug-likeness (QED) is 0.871. The molecule has 0 amide bonds. The van der Waals surface area contributed by atoms with Gasteiger partial charge in [-0.15, -0.1) is 0 Å². The molecule has 0 bridgehead atoms. The molecule has 2 heteroatoms. The number of nitrogens with zero attached hydrogens (tertiary/aromatic N) is 1. The molecule has 88 valence electrons. The van der Waals surface area contributed by atoms with Crippen molar-refractivity contribution in [3.63, 3.8) is 0 Å². The van der Waals surface area contributed by atoms with Crippen molar-refractivity contribution in [2.45, 2.75) is 31.8 Å². The van der Waals surface area contributed by atoms with Crippen LogP contribution in [0.25, 0.3) is 10.9 Å². The molecular weight excluding hydrogens is 210 g/mol. The smallest absolute Gasteiger partial charge is 0.0704 e. The summed E-state index contributed by atoms with van der Waals surface area (Å²) in [6.45, 7) is 0. The van der Waals surface area contributed by atoms with Crippen molar-refractivity contribution < 1.29 is 5.11 Å². The number of para-hydroxylation sites is 1. The third-order valence-electron chi connectivity index (χ3n) is 3.50. The lowest BCUT2D eigenvalue weighted by Gasteiger charge is -2.11. The van der Waals surface area contributed by atoms with Crippen molar-refractivity contribution >= 4 is 10.9 Å². The summed E-state index contributed by atoms with van der Waals surface area (Å²) in [5.41, 5.74) is 2.23. The zero-order chi connectivity index (χ0) is 11.7. The van der Waals surface area contributed by atoms with Gasteiger partial charge in [0.25, 0.3) is 0 Å². The van der Waals surface area contributed by atoms with Crippen molar-refractivity contribution in [3.8, 4) is 0 Å². The molecule has 1 aromatic heterocycles. The molecule has 1 unspecified atom stereocenters. The average Bonchev–Trinajstić information content (AvgIpc) is 3.13. The number of aliphatic hydroxyl groups excluding tert-OH is 1. The third-order valence-corrected chi connectivity index (χ3v) is 3.50. The summed E-state index contributed by atoms with van der Waals surface area (Å²) in [6.07, 6.45) is 5.94. The van der Waals surface area contributed by atoms with Crippen LogP contribution in [0.5, 0.6) is 0 Å². The van der Waals surface area contributed by atoms with Crippen LogP contribution < -0.4 is 0 Å². The molecule has 1 aliphatic rings. The number of aliphatic hydroxyl groups is 1. The fraction of sp³-hybridized carbons (Fsp3) is 0.400. The van der Waals surface area contributed by atoms with E-state index < -0.39 is 0 Å². The van der Waals surface area contributed by atoms with Gasteiger partial charge in [0.2, 0.25) is 0 Å². The van der Waals surface area contributed by atoms with E-state index in [1.54, 1.807) is 0 Å². The molecule has 1 aliphatic carbocycles. The summed E-state index contributed by atoms with van der Waals surface area (Å²) >= 11 is 0. The van der Waals surface area contributed by atoms with Gasteiger partial charge in [0, 0.05) is 11.6 Å². The van der Waals surface area contributed by atoms with Crippen molar-refractivity contribution in [1.29, 1.82) is 0 Å². The standard InChI is InChI=1S/C15H17NO/c17-13(9-11-5-6-11)10-12-7-8-16-15-4-2-1-3-14(12)15/h1-4,7-8,11,13,17H,5-6,9-10H2. The largest absolute Gasteiger partial charge is 0.393 e. The van der Waals surface area contributed by atoms with Crippen LogP contribution in [0.1, 0.15) is 24.8 Å². The number of benzene rings is 1. The van der Waals surface area contributed by atoms with E-state index in [4.69, 9.17) is 0 Å². The number of pyridine rings is 1. The average molecular weight is 227 g/mol. The minimum absolute atomic E-state index is 0.201. The molecular formula is C15H17NO. The van der Waals surface area contributed by atoms with E-state index in [1.807, 2.05) is 30.5 Å². The van der Waals surface area contributed by atoms with Gasteiger partial charge in [-0.2, -0.15) is 0 Å². The summed E-state index contributed by atoms with van der Waals surface area (Å²) in [6, 6.07) is 10.2. The van der Waals surface area contributed by atoms with E-state index in [9.17, 15) is 5.11 Å². The molecule has 0 saturated heterocycles. The van der Waals surface area contributed by atoms with Gasteiger partial charge in [0.05, 0.1) is 11.6 Å². The molecule has 1 saturated carbocycles. The molecule has 0 radical (unpaired) electrons. The highest BCUT2D eigenvalue weighted by molar-refractivity contribution is 5.81. The van der Waals surface area contributed by atoms with Crippen LogP contribution in [0.3, 0.4) is 0 Å². The van der Waals surface area contributed by atoms with E-state index in [1.165, 1.54) is 23.8 Å². The van der Waals surface area contributed by atoms with Gasteiger partial charge >= 0.3 is 0 Å². The minimum atomic E-state index is -0.201. The molecule has 2 nitrogen and oxygen atoms in total. The zero-order valence-corrected chi connectivity index (χ0v) is 9.84. The minimum Gasteiger partial charge on any atom is -0.393 e. The van der Waals surface area contributed by atoms with Crippen LogP contribution in [-0.4, -0.2) is 16.2 Å². The molecule has 1 heterocycles. The van der Waals surface area contributed by atoms with Crippen LogP contribution in [0, 0.1) is 5.92 Å². The molecule has 0 aliphatic heterocycles. The summed E-state index contributed by atoms with van der Waals surface area (Å²) in [4.78, 5) is 4.34. The van der Waals surface area contributed by atoms with E-state index >= 15 is 0 Å². The second-order valence-corrected chi connectivity index (χ2v) is 5.02. The monoisotopic (exact) mass is 227 g/mol. The second kappa shape index (κ2) is 4.46. The lowest BCUT2D eigenvalue weighted by atomic mass is 10.0. The van der Waals surface area contributed by atoms with E-state index in [2.05, 4.69) is 11.1 Å². The van der Waals surface area contributed by atoms with Crippen LogP contribution in [0.15, 0.2) is 36.5 Å². The van der Waals surface area contributed by atoms with E-state index in [0.29, 0.717) is 0 Å². The summed E-state index contributed by atoms with van der Waals surface area (Å²) in [5, 5.41) is 11.2. The first kappa shape index (κ1) is 10.7. The topological polar surface area (TPSA) is 33.1 Å². The Morgan fingerprint density at radius 1 is 1.24 bits per heavy atom. The number of fused-ring (bicyclic) bond motifs is 1. The Balaban J connectivity index is 1.83. The number of rotatable bonds is 4. The first-order chi connectivity index (χ1) is 8.33. The fourth-order valence-corrected chi connectivity index (χ4v) is 2.41. The molecule has 3 rings (SSSR count). The van der Waals surface area contributed by atoms with E-state index in [0.717, 1.165) is 24.3 Å². The van der Waals surface area contributed by atoms with Crippen molar-refractivity contribution in [2.24, 2.45) is 5.92 Å².